The van der Waals surface area contributed by atoms with Crippen molar-refractivity contribution in [3.05, 3.63) is 205 Å². The Bertz CT molecular complexity index is 2560. The van der Waals surface area contributed by atoms with Gasteiger partial charge in [0.2, 0.25) is 0 Å². The Kier molecular flexibility index (Phi) is 8.78. The molecule has 2 nitrogen and oxygen atoms in total. The lowest BCUT2D eigenvalue weighted by Crippen LogP contribution is -2.49. The highest BCUT2D eigenvalue weighted by molar-refractivity contribution is 7.04. The van der Waals surface area contributed by atoms with E-state index in [-0.39, 0.29) is 0 Å². The third kappa shape index (κ3) is 6.08. The first-order chi connectivity index (χ1) is 28.3. The number of anilines is 6. The van der Waals surface area contributed by atoms with Crippen LogP contribution in [0.15, 0.2) is 194 Å². The van der Waals surface area contributed by atoms with E-state index in [9.17, 15) is 0 Å². The fourth-order valence-corrected chi connectivity index (χ4v) is 15.6. The molecule has 0 spiro atoms. The van der Waals surface area contributed by atoms with E-state index in [1.54, 1.807) is 0 Å². The molecule has 0 bridgehead atoms. The number of rotatable bonds is 8. The van der Waals surface area contributed by atoms with E-state index in [0.29, 0.717) is 0 Å². The monoisotopic (exact) mass is 778 g/mol. The average Bonchev–Trinajstić information content (AvgIpc) is 3.63. The minimum Gasteiger partial charge on any atom is -0.311 e. The van der Waals surface area contributed by atoms with Crippen molar-refractivity contribution in [3.8, 4) is 22.3 Å². The average molecular weight is 779 g/mol. The summed E-state index contributed by atoms with van der Waals surface area (Å²) in [5, 5.41) is 6.03. The van der Waals surface area contributed by atoms with Crippen LogP contribution in [0.25, 0.3) is 34.4 Å². The fraction of sp³-hybridized carbons (Fsp3) is 0.0741. The molecule has 0 N–H and O–H groups in total. The molecule has 2 heterocycles. The molecule has 0 fully saturated rings. The van der Waals surface area contributed by atoms with Gasteiger partial charge in [0.25, 0.3) is 0 Å². The van der Waals surface area contributed by atoms with Crippen LogP contribution >= 0.6 is 0 Å². The van der Waals surface area contributed by atoms with Crippen molar-refractivity contribution >= 4 is 83.2 Å². The van der Waals surface area contributed by atoms with Crippen LogP contribution in [0, 0.1) is 0 Å². The minimum absolute atomic E-state index is 1.17. The van der Waals surface area contributed by atoms with Crippen LogP contribution in [0.5, 0.6) is 0 Å². The van der Waals surface area contributed by atoms with Crippen molar-refractivity contribution in [1.82, 2.24) is 0 Å². The second-order valence-corrected chi connectivity index (χ2v) is 25.3. The number of nitrogens with zero attached hydrogens (tertiary/aromatic N) is 2. The zero-order valence-corrected chi connectivity index (χ0v) is 35.5. The first-order valence-corrected chi connectivity index (χ1v) is 26.3. The van der Waals surface area contributed by atoms with E-state index < -0.39 is 16.1 Å². The molecule has 0 aromatic heterocycles. The molecule has 0 saturated heterocycles. The lowest BCUT2D eigenvalue weighted by atomic mass is 10.0. The number of hydrogen-bond acceptors (Lipinski definition) is 2. The normalized spacial score (nSPS) is 14.1. The summed E-state index contributed by atoms with van der Waals surface area (Å²) >= 11 is 0. The number of benzene rings is 8. The van der Waals surface area contributed by atoms with Crippen molar-refractivity contribution in [2.75, 3.05) is 9.80 Å². The molecule has 0 radical (unpaired) electrons. The lowest BCUT2D eigenvalue weighted by Gasteiger charge is -2.27. The van der Waals surface area contributed by atoms with Gasteiger partial charge in [-0.15, -0.1) is 0 Å². The number of fused-ring (bicyclic) bond motifs is 6. The lowest BCUT2D eigenvalue weighted by molar-refractivity contribution is 1.29. The van der Waals surface area contributed by atoms with Gasteiger partial charge in [0, 0.05) is 34.1 Å². The molecule has 0 aliphatic carbocycles. The summed E-state index contributed by atoms with van der Waals surface area (Å²) in [5.41, 5.74) is 15.1. The topological polar surface area (TPSA) is 6.48 Å². The predicted molar refractivity (Wildman–Crippen MR) is 256 cm³/mol. The molecule has 0 atom stereocenters. The Morgan fingerprint density at radius 3 is 0.879 bits per heavy atom. The standard InChI is InChI=1S/C54H46N2Si2/c1-57(2)51-35-39(27-31-47(51)49-33-29-45(37-53(49)57)55(41-17-9-5-10-18-41)42-19-11-6-12-20-42)25-26-40-28-32-48-50-34-30-46(38-54(50)58(3,4)52(48)36-40)56(43-21-13-7-14-22-43)44-23-15-8-16-24-44/h5-38H,1-4H3/b26-25+. The van der Waals surface area contributed by atoms with Gasteiger partial charge in [-0.05, 0) is 127 Å². The highest BCUT2D eigenvalue weighted by Gasteiger charge is 2.39. The predicted octanol–water partition coefficient (Wildman–Crippen LogP) is 12.4. The maximum absolute atomic E-state index is 2.51. The van der Waals surface area contributed by atoms with Crippen LogP contribution in [0.4, 0.5) is 34.1 Å². The molecular formula is C54H46N2Si2. The van der Waals surface area contributed by atoms with Crippen molar-refractivity contribution in [3.63, 3.8) is 0 Å². The summed E-state index contributed by atoms with van der Waals surface area (Å²) in [6, 6.07) is 71.4. The van der Waals surface area contributed by atoms with Gasteiger partial charge in [0.15, 0.2) is 0 Å². The summed E-state index contributed by atoms with van der Waals surface area (Å²) in [4.78, 5) is 4.76. The van der Waals surface area contributed by atoms with E-state index in [4.69, 9.17) is 0 Å². The zero-order valence-electron chi connectivity index (χ0n) is 33.5. The largest absolute Gasteiger partial charge is 0.311 e. The first-order valence-electron chi connectivity index (χ1n) is 20.3. The summed E-state index contributed by atoms with van der Waals surface area (Å²) in [6.07, 6.45) is 4.64. The molecule has 2 aliphatic rings. The molecule has 58 heavy (non-hydrogen) atoms. The van der Waals surface area contributed by atoms with Crippen molar-refractivity contribution in [2.45, 2.75) is 26.2 Å². The van der Waals surface area contributed by atoms with Gasteiger partial charge in [0.05, 0.1) is 0 Å². The van der Waals surface area contributed by atoms with Crippen LogP contribution in [0.1, 0.15) is 11.1 Å². The first kappa shape index (κ1) is 35.9. The van der Waals surface area contributed by atoms with Crippen molar-refractivity contribution < 1.29 is 0 Å². The summed E-state index contributed by atoms with van der Waals surface area (Å²) in [5.74, 6) is 0. The molecule has 4 heteroatoms. The minimum atomic E-state index is -1.98. The third-order valence-corrected chi connectivity index (χ3v) is 19.5. The zero-order chi connectivity index (χ0) is 39.4. The van der Waals surface area contributed by atoms with Crippen LogP contribution < -0.4 is 30.5 Å². The van der Waals surface area contributed by atoms with E-state index in [1.165, 1.54) is 88.3 Å². The van der Waals surface area contributed by atoms with E-state index >= 15 is 0 Å². The smallest absolute Gasteiger partial charge is 0.113 e. The molecule has 10 rings (SSSR count). The van der Waals surface area contributed by atoms with Gasteiger partial charge in [0.1, 0.15) is 16.1 Å². The van der Waals surface area contributed by atoms with E-state index in [0.717, 1.165) is 0 Å². The van der Waals surface area contributed by atoms with Gasteiger partial charge in [-0.1, -0.05) is 160 Å². The Hall–Kier alpha value is -6.47. The fourth-order valence-electron chi connectivity index (χ4n) is 9.37. The van der Waals surface area contributed by atoms with Crippen LogP contribution in [-0.2, 0) is 0 Å². The molecule has 8 aromatic carbocycles. The third-order valence-electron chi connectivity index (χ3n) is 12.4. The van der Waals surface area contributed by atoms with Crippen molar-refractivity contribution in [1.29, 1.82) is 0 Å². The quantitative estimate of drug-likeness (QED) is 0.112. The molecule has 8 aromatic rings. The molecule has 0 unspecified atom stereocenters. The van der Waals surface area contributed by atoms with Gasteiger partial charge >= 0.3 is 0 Å². The number of hydrogen-bond donors (Lipinski definition) is 0. The van der Waals surface area contributed by atoms with Crippen LogP contribution in [-0.4, -0.2) is 16.1 Å². The maximum Gasteiger partial charge on any atom is 0.113 e. The van der Waals surface area contributed by atoms with Gasteiger partial charge < -0.3 is 9.80 Å². The Morgan fingerprint density at radius 1 is 0.293 bits per heavy atom. The number of para-hydroxylation sites is 4. The Labute approximate surface area is 345 Å². The maximum atomic E-state index is 2.51. The van der Waals surface area contributed by atoms with E-state index in [2.05, 4.69) is 242 Å². The Balaban J connectivity index is 0.942. The highest BCUT2D eigenvalue weighted by atomic mass is 28.3. The molecule has 0 amide bonds. The highest BCUT2D eigenvalue weighted by Crippen LogP contribution is 2.39. The Morgan fingerprint density at radius 2 is 0.569 bits per heavy atom. The van der Waals surface area contributed by atoms with Gasteiger partial charge in [-0.3, -0.25) is 0 Å². The van der Waals surface area contributed by atoms with Gasteiger partial charge in [-0.2, -0.15) is 0 Å². The molecule has 0 saturated carbocycles. The van der Waals surface area contributed by atoms with E-state index in [1.807, 2.05) is 0 Å². The van der Waals surface area contributed by atoms with Crippen molar-refractivity contribution in [2.24, 2.45) is 0 Å². The second-order valence-electron chi connectivity index (χ2n) is 16.7. The second kappa shape index (κ2) is 14.2. The molecule has 2 aliphatic heterocycles. The van der Waals surface area contributed by atoms with Gasteiger partial charge in [-0.25, -0.2) is 0 Å². The molecular weight excluding hydrogens is 733 g/mol. The SMILES string of the molecule is C[Si]1(C)c2cc(/C=C/c3ccc4c(c3)[Si](C)(C)c3cc(N(c5ccccc5)c5ccccc5)ccc3-4)ccc2-c2ccc(N(c3ccccc3)c3ccccc3)cc21. The van der Waals surface area contributed by atoms with Crippen LogP contribution in [0.3, 0.4) is 0 Å². The van der Waals surface area contributed by atoms with Crippen LogP contribution in [0.2, 0.25) is 26.2 Å². The summed E-state index contributed by atoms with van der Waals surface area (Å²) in [7, 11) is -3.97. The summed E-state index contributed by atoms with van der Waals surface area (Å²) in [6.45, 7) is 10.1. The molecule has 280 valence electrons. The summed E-state index contributed by atoms with van der Waals surface area (Å²) < 4.78 is 0.